The van der Waals surface area contributed by atoms with Crippen molar-refractivity contribution in [3.8, 4) is 5.75 Å². The van der Waals surface area contributed by atoms with Crippen molar-refractivity contribution in [2.75, 3.05) is 16.3 Å². The Balaban J connectivity index is 2.15. The molecule has 0 aliphatic carbocycles. The number of sulfonamides is 1. The maximum atomic E-state index is 12.9. The topological polar surface area (TPSA) is 92.7 Å². The zero-order valence-corrected chi connectivity index (χ0v) is 14.2. The molecule has 126 valence electrons. The third kappa shape index (κ3) is 2.56. The number of rotatable bonds is 3. The molecule has 0 unspecified atom stereocenters. The van der Waals surface area contributed by atoms with E-state index in [9.17, 15) is 13.2 Å². The minimum absolute atomic E-state index is 0.00633. The van der Waals surface area contributed by atoms with Gasteiger partial charge in [-0.2, -0.15) is 0 Å². The molecule has 2 amide bonds. The van der Waals surface area contributed by atoms with Crippen molar-refractivity contribution in [2.45, 2.75) is 24.8 Å². The predicted molar refractivity (Wildman–Crippen MR) is 87.7 cm³/mol. The average molecular weight is 348 g/mol. The average Bonchev–Trinajstić information content (AvgIpc) is 2.53. The summed E-state index contributed by atoms with van der Waals surface area (Å²) >= 11 is 0. The van der Waals surface area contributed by atoms with Gasteiger partial charge in [-0.05, 0) is 32.0 Å². The van der Waals surface area contributed by atoms with Gasteiger partial charge in [0.15, 0.2) is 0 Å². The number of urea groups is 1. The number of anilines is 2. The minimum Gasteiger partial charge on any atom is -0.491 e. The van der Waals surface area contributed by atoms with Crippen LogP contribution in [-0.2, 0) is 10.0 Å². The van der Waals surface area contributed by atoms with E-state index >= 15 is 0 Å². The molecule has 1 aromatic carbocycles. The maximum absolute atomic E-state index is 12.9. The number of carbonyl (C=O) groups excluding carboxylic acids is 1. The zero-order valence-electron chi connectivity index (χ0n) is 13.4. The first kappa shape index (κ1) is 16.2. The lowest BCUT2D eigenvalue weighted by atomic mass is 10.2. The van der Waals surface area contributed by atoms with Gasteiger partial charge in [-0.25, -0.2) is 23.2 Å². The van der Waals surface area contributed by atoms with Crippen molar-refractivity contribution >= 4 is 27.7 Å². The quantitative estimate of drug-likeness (QED) is 0.842. The summed E-state index contributed by atoms with van der Waals surface area (Å²) in [5.41, 5.74) is 0.255. The summed E-state index contributed by atoms with van der Waals surface area (Å²) in [5, 5.41) is 0. The van der Waals surface area contributed by atoms with Crippen LogP contribution in [0.1, 0.15) is 13.8 Å². The number of hydrogen-bond donors (Lipinski definition) is 0. The second-order valence-electron chi connectivity index (χ2n) is 5.46. The Morgan fingerprint density at radius 1 is 1.17 bits per heavy atom. The monoisotopic (exact) mass is 348 g/mol. The van der Waals surface area contributed by atoms with Gasteiger partial charge in [0.1, 0.15) is 10.6 Å². The molecule has 0 atom stereocenters. The molecule has 0 radical (unpaired) electrons. The Morgan fingerprint density at radius 2 is 1.83 bits per heavy atom. The van der Waals surface area contributed by atoms with Crippen molar-refractivity contribution in [1.29, 1.82) is 0 Å². The van der Waals surface area contributed by atoms with Crippen LogP contribution in [0.5, 0.6) is 5.75 Å². The lowest BCUT2D eigenvalue weighted by Crippen LogP contribution is -2.50. The third-order valence-corrected chi connectivity index (χ3v) is 5.08. The largest absolute Gasteiger partial charge is 0.491 e. The highest BCUT2D eigenvalue weighted by Crippen LogP contribution is 2.37. The van der Waals surface area contributed by atoms with E-state index in [1.165, 1.54) is 42.5 Å². The smallest absolute Gasteiger partial charge is 0.345 e. The molecule has 2 aromatic rings. The molecule has 1 aliphatic rings. The van der Waals surface area contributed by atoms with E-state index in [1.54, 1.807) is 6.07 Å². The molecule has 0 bridgehead atoms. The SMILES string of the molecule is CC(C)Oc1ccc2c(c1)N(C)C(=O)N(c1ncccn1)S2(=O)=O. The number of nitrogens with zero attached hydrogens (tertiary/aromatic N) is 4. The number of hydrogen-bond acceptors (Lipinski definition) is 6. The summed E-state index contributed by atoms with van der Waals surface area (Å²) < 4.78 is 31.9. The van der Waals surface area contributed by atoms with Gasteiger partial charge in [-0.15, -0.1) is 4.31 Å². The first-order valence-electron chi connectivity index (χ1n) is 7.23. The second kappa shape index (κ2) is 5.75. The highest BCUT2D eigenvalue weighted by atomic mass is 32.2. The van der Waals surface area contributed by atoms with Crippen LogP contribution >= 0.6 is 0 Å². The molecule has 0 N–H and O–H groups in total. The predicted octanol–water partition coefficient (Wildman–Crippen LogP) is 2.03. The van der Waals surface area contributed by atoms with Crippen molar-refractivity contribution in [1.82, 2.24) is 9.97 Å². The standard InChI is InChI=1S/C15H16N4O4S/c1-10(2)23-11-5-6-13-12(9-11)18(3)15(20)19(24(13,21)22)14-16-7-4-8-17-14/h4-10H,1-3H3. The lowest BCUT2D eigenvalue weighted by molar-refractivity contribution is 0.242. The number of benzene rings is 1. The number of amides is 2. The van der Waals surface area contributed by atoms with E-state index in [1.807, 2.05) is 13.8 Å². The molecule has 9 heteroatoms. The van der Waals surface area contributed by atoms with Crippen molar-refractivity contribution in [3.63, 3.8) is 0 Å². The van der Waals surface area contributed by atoms with Gasteiger partial charge in [0.2, 0.25) is 5.95 Å². The van der Waals surface area contributed by atoms with Crippen LogP contribution in [0, 0.1) is 0 Å². The number of aromatic nitrogens is 2. The summed E-state index contributed by atoms with van der Waals surface area (Å²) in [6.07, 6.45) is 2.68. The van der Waals surface area contributed by atoms with E-state index in [4.69, 9.17) is 4.74 Å². The lowest BCUT2D eigenvalue weighted by Gasteiger charge is -2.33. The Hall–Kier alpha value is -2.68. The van der Waals surface area contributed by atoms with Gasteiger partial charge in [0.25, 0.3) is 10.0 Å². The van der Waals surface area contributed by atoms with Crippen molar-refractivity contribution in [3.05, 3.63) is 36.7 Å². The van der Waals surface area contributed by atoms with E-state index in [2.05, 4.69) is 9.97 Å². The zero-order chi connectivity index (χ0) is 17.5. The number of carbonyl (C=O) groups is 1. The van der Waals surface area contributed by atoms with Crippen LogP contribution in [0.3, 0.4) is 0 Å². The van der Waals surface area contributed by atoms with Gasteiger partial charge in [-0.3, -0.25) is 4.90 Å². The normalized spacial score (nSPS) is 16.2. The molecular formula is C15H16N4O4S. The summed E-state index contributed by atoms with van der Waals surface area (Å²) in [5.74, 6) is 0.297. The summed E-state index contributed by atoms with van der Waals surface area (Å²) in [7, 11) is -2.61. The van der Waals surface area contributed by atoms with Gasteiger partial charge in [0, 0.05) is 25.5 Å². The van der Waals surface area contributed by atoms with Crippen molar-refractivity contribution in [2.24, 2.45) is 0 Å². The summed E-state index contributed by atoms with van der Waals surface area (Å²) in [6, 6.07) is 5.30. The van der Waals surface area contributed by atoms with E-state index in [-0.39, 0.29) is 22.6 Å². The Bertz CT molecular complexity index is 884. The minimum atomic E-state index is -4.10. The molecule has 24 heavy (non-hydrogen) atoms. The first-order valence-corrected chi connectivity index (χ1v) is 8.67. The van der Waals surface area contributed by atoms with Crippen LogP contribution in [0.15, 0.2) is 41.6 Å². The molecule has 0 fully saturated rings. The summed E-state index contributed by atoms with van der Waals surface area (Å²) in [4.78, 5) is 21.6. The Labute approximate surface area is 139 Å². The molecule has 1 aromatic heterocycles. The number of ether oxygens (including phenoxy) is 1. The molecular weight excluding hydrogens is 332 g/mol. The molecule has 3 rings (SSSR count). The van der Waals surface area contributed by atoms with Gasteiger partial charge in [-0.1, -0.05) is 0 Å². The first-order chi connectivity index (χ1) is 11.3. The molecule has 0 spiro atoms. The number of fused-ring (bicyclic) bond motifs is 1. The van der Waals surface area contributed by atoms with Gasteiger partial charge in [0.05, 0.1) is 11.8 Å². The van der Waals surface area contributed by atoms with Crippen molar-refractivity contribution < 1.29 is 17.9 Å². The van der Waals surface area contributed by atoms with Crippen LogP contribution < -0.4 is 13.9 Å². The summed E-state index contributed by atoms with van der Waals surface area (Å²) in [6.45, 7) is 3.72. The van der Waals surface area contributed by atoms with E-state index in [0.717, 1.165) is 0 Å². The molecule has 1 aliphatic heterocycles. The molecule has 0 saturated carbocycles. The fourth-order valence-electron chi connectivity index (χ4n) is 2.35. The molecule has 2 heterocycles. The van der Waals surface area contributed by atoms with Crippen LogP contribution in [0.4, 0.5) is 16.4 Å². The second-order valence-corrected chi connectivity index (χ2v) is 7.21. The van der Waals surface area contributed by atoms with Gasteiger partial charge >= 0.3 is 6.03 Å². The van der Waals surface area contributed by atoms with E-state index < -0.39 is 16.1 Å². The van der Waals surface area contributed by atoms with Crippen LogP contribution in [-0.4, -0.2) is 37.6 Å². The maximum Gasteiger partial charge on any atom is 0.345 e. The Kier molecular flexibility index (Phi) is 3.88. The van der Waals surface area contributed by atoms with Crippen LogP contribution in [0.25, 0.3) is 0 Å². The molecule has 0 saturated heterocycles. The Morgan fingerprint density at radius 3 is 2.46 bits per heavy atom. The fourth-order valence-corrected chi connectivity index (χ4v) is 3.89. The van der Waals surface area contributed by atoms with E-state index in [0.29, 0.717) is 10.1 Å². The fraction of sp³-hybridized carbons (Fsp3) is 0.267. The highest BCUT2D eigenvalue weighted by Gasteiger charge is 2.42. The molecule has 8 nitrogen and oxygen atoms in total. The van der Waals surface area contributed by atoms with Crippen LogP contribution in [0.2, 0.25) is 0 Å². The highest BCUT2D eigenvalue weighted by molar-refractivity contribution is 7.93. The third-order valence-electron chi connectivity index (χ3n) is 3.38. The van der Waals surface area contributed by atoms with Gasteiger partial charge < -0.3 is 4.74 Å².